The van der Waals surface area contributed by atoms with E-state index >= 15 is 0 Å². The highest BCUT2D eigenvalue weighted by atomic mass is 79.9. The summed E-state index contributed by atoms with van der Waals surface area (Å²) in [5, 5.41) is 3.35. The zero-order valence-electron chi connectivity index (χ0n) is 10.7. The molecule has 1 unspecified atom stereocenters. The van der Waals surface area contributed by atoms with E-state index in [-0.39, 0.29) is 11.9 Å². The van der Waals surface area contributed by atoms with Gasteiger partial charge in [-0.3, -0.25) is 4.98 Å². The van der Waals surface area contributed by atoms with Crippen LogP contribution in [0.4, 0.5) is 4.39 Å². The van der Waals surface area contributed by atoms with Crippen molar-refractivity contribution < 1.29 is 4.39 Å². The average molecular weight is 323 g/mol. The van der Waals surface area contributed by atoms with Crippen LogP contribution in [0, 0.1) is 5.82 Å². The van der Waals surface area contributed by atoms with Crippen molar-refractivity contribution in [2.45, 2.75) is 25.9 Å². The molecule has 0 radical (unpaired) electrons. The fourth-order valence-electron chi connectivity index (χ4n) is 2.00. The summed E-state index contributed by atoms with van der Waals surface area (Å²) in [6.45, 7) is 2.53. The van der Waals surface area contributed by atoms with Gasteiger partial charge < -0.3 is 5.32 Å². The molecule has 4 heteroatoms. The number of pyridine rings is 1. The Morgan fingerprint density at radius 3 is 2.74 bits per heavy atom. The van der Waals surface area contributed by atoms with Gasteiger partial charge in [0.15, 0.2) is 0 Å². The van der Waals surface area contributed by atoms with Gasteiger partial charge >= 0.3 is 0 Å². The molecule has 1 heterocycles. The lowest BCUT2D eigenvalue weighted by Crippen LogP contribution is -2.21. The molecule has 0 bridgehead atoms. The van der Waals surface area contributed by atoms with Gasteiger partial charge in [-0.2, -0.15) is 0 Å². The molecule has 2 rings (SSSR count). The average Bonchev–Trinajstić information content (AvgIpc) is 2.43. The predicted molar refractivity (Wildman–Crippen MR) is 78.2 cm³/mol. The predicted octanol–water partition coefficient (Wildman–Crippen LogP) is 4.22. The largest absolute Gasteiger partial charge is 0.304 e. The molecular weight excluding hydrogens is 307 g/mol. The van der Waals surface area contributed by atoms with E-state index < -0.39 is 0 Å². The van der Waals surface area contributed by atoms with Crippen LogP contribution in [0.15, 0.2) is 47.1 Å². The molecule has 2 nitrogen and oxygen atoms in total. The third-order valence-corrected chi connectivity index (χ3v) is 3.76. The van der Waals surface area contributed by atoms with Crippen molar-refractivity contribution >= 4 is 15.9 Å². The third kappa shape index (κ3) is 3.61. The number of nitrogens with zero attached hydrogens (tertiary/aromatic N) is 1. The van der Waals surface area contributed by atoms with Crippen LogP contribution in [0.2, 0.25) is 0 Å². The molecule has 1 atom stereocenters. The molecule has 0 aliphatic rings. The standard InChI is InChI=1S/C15H16BrFN2/c1-2-14(11-6-3-4-7-12(11)16)19-10-15-13(17)8-5-9-18-15/h3-9,14,19H,2,10H2,1H3. The van der Waals surface area contributed by atoms with Crippen LogP contribution in [-0.4, -0.2) is 4.98 Å². The van der Waals surface area contributed by atoms with Crippen molar-refractivity contribution in [2.75, 3.05) is 0 Å². The summed E-state index contributed by atoms with van der Waals surface area (Å²) in [6.07, 6.45) is 2.54. The SMILES string of the molecule is CCC(NCc1ncccc1F)c1ccccc1Br. The minimum absolute atomic E-state index is 0.178. The van der Waals surface area contributed by atoms with E-state index in [9.17, 15) is 4.39 Å². The summed E-state index contributed by atoms with van der Waals surface area (Å²) in [5.74, 6) is -0.267. The van der Waals surface area contributed by atoms with Crippen LogP contribution < -0.4 is 5.32 Å². The zero-order chi connectivity index (χ0) is 13.7. The molecule has 0 aliphatic heterocycles. The van der Waals surface area contributed by atoms with Crippen LogP contribution in [0.1, 0.15) is 30.6 Å². The first-order valence-electron chi connectivity index (χ1n) is 6.29. The Balaban J connectivity index is 2.09. The lowest BCUT2D eigenvalue weighted by atomic mass is 10.0. The fourth-order valence-corrected chi connectivity index (χ4v) is 2.56. The first kappa shape index (κ1) is 14.2. The van der Waals surface area contributed by atoms with Crippen LogP contribution >= 0.6 is 15.9 Å². The molecule has 1 aromatic carbocycles. The minimum atomic E-state index is -0.267. The molecule has 0 saturated carbocycles. The Kier molecular flexibility index (Phi) is 5.05. The molecule has 0 amide bonds. The fraction of sp³-hybridized carbons (Fsp3) is 0.267. The van der Waals surface area contributed by atoms with Crippen LogP contribution in [0.25, 0.3) is 0 Å². The number of aromatic nitrogens is 1. The Morgan fingerprint density at radius 2 is 2.05 bits per heavy atom. The molecule has 2 aromatic rings. The number of hydrogen-bond acceptors (Lipinski definition) is 2. The first-order valence-corrected chi connectivity index (χ1v) is 7.09. The summed E-state index contributed by atoms with van der Waals surface area (Å²) in [6, 6.07) is 11.3. The lowest BCUT2D eigenvalue weighted by molar-refractivity contribution is 0.495. The maximum absolute atomic E-state index is 13.5. The van der Waals surface area contributed by atoms with Crippen molar-refractivity contribution in [1.29, 1.82) is 0 Å². The van der Waals surface area contributed by atoms with E-state index in [1.54, 1.807) is 12.3 Å². The minimum Gasteiger partial charge on any atom is -0.304 e. The smallest absolute Gasteiger partial charge is 0.146 e. The van der Waals surface area contributed by atoms with Crippen molar-refractivity contribution in [1.82, 2.24) is 10.3 Å². The molecule has 0 spiro atoms. The van der Waals surface area contributed by atoms with Gasteiger partial charge in [0, 0.05) is 23.3 Å². The van der Waals surface area contributed by atoms with E-state index in [4.69, 9.17) is 0 Å². The highest BCUT2D eigenvalue weighted by Gasteiger charge is 2.12. The number of nitrogens with one attached hydrogen (secondary N) is 1. The first-order chi connectivity index (χ1) is 9.22. The van der Waals surface area contributed by atoms with Crippen molar-refractivity contribution in [2.24, 2.45) is 0 Å². The number of halogens is 2. The van der Waals surface area contributed by atoms with Crippen LogP contribution in [0.3, 0.4) is 0 Å². The van der Waals surface area contributed by atoms with Crippen LogP contribution in [-0.2, 0) is 6.54 Å². The summed E-state index contributed by atoms with van der Waals surface area (Å²) in [5.41, 5.74) is 1.63. The topological polar surface area (TPSA) is 24.9 Å². The van der Waals surface area contributed by atoms with Gasteiger partial charge in [0.05, 0.1) is 5.69 Å². The molecule has 0 fully saturated rings. The van der Waals surface area contributed by atoms with Crippen molar-refractivity contribution in [3.05, 3.63) is 64.1 Å². The van der Waals surface area contributed by atoms with E-state index in [0.717, 1.165) is 10.9 Å². The van der Waals surface area contributed by atoms with Gasteiger partial charge in [0.2, 0.25) is 0 Å². The summed E-state index contributed by atoms with van der Waals surface area (Å²) >= 11 is 3.55. The normalized spacial score (nSPS) is 12.4. The molecule has 1 aromatic heterocycles. The molecule has 0 saturated heterocycles. The Labute approximate surface area is 121 Å². The second kappa shape index (κ2) is 6.78. The van der Waals surface area contributed by atoms with Gasteiger partial charge in [-0.25, -0.2) is 4.39 Å². The maximum atomic E-state index is 13.5. The summed E-state index contributed by atoms with van der Waals surface area (Å²) in [4.78, 5) is 4.05. The Bertz CT molecular complexity index is 545. The maximum Gasteiger partial charge on any atom is 0.146 e. The number of hydrogen-bond donors (Lipinski definition) is 1. The van der Waals surface area contributed by atoms with Gasteiger partial charge in [-0.15, -0.1) is 0 Å². The molecule has 1 N–H and O–H groups in total. The Hall–Kier alpha value is -1.26. The molecular formula is C15H16BrFN2. The summed E-state index contributed by atoms with van der Waals surface area (Å²) in [7, 11) is 0. The molecule has 0 aliphatic carbocycles. The summed E-state index contributed by atoms with van der Waals surface area (Å²) < 4.78 is 14.6. The van der Waals surface area contributed by atoms with E-state index in [1.165, 1.54) is 11.6 Å². The second-order valence-electron chi connectivity index (χ2n) is 4.30. The van der Waals surface area contributed by atoms with Crippen molar-refractivity contribution in [3.8, 4) is 0 Å². The van der Waals surface area contributed by atoms with E-state index in [2.05, 4.69) is 39.2 Å². The highest BCUT2D eigenvalue weighted by Crippen LogP contribution is 2.25. The quantitative estimate of drug-likeness (QED) is 0.891. The Morgan fingerprint density at radius 1 is 1.26 bits per heavy atom. The van der Waals surface area contributed by atoms with Gasteiger partial charge in [-0.1, -0.05) is 41.1 Å². The number of rotatable bonds is 5. The van der Waals surface area contributed by atoms with Gasteiger partial charge in [-0.05, 0) is 30.2 Å². The zero-order valence-corrected chi connectivity index (χ0v) is 12.3. The molecule has 19 heavy (non-hydrogen) atoms. The lowest BCUT2D eigenvalue weighted by Gasteiger charge is -2.18. The van der Waals surface area contributed by atoms with E-state index in [0.29, 0.717) is 12.2 Å². The van der Waals surface area contributed by atoms with E-state index in [1.807, 2.05) is 18.2 Å². The third-order valence-electron chi connectivity index (χ3n) is 3.04. The monoisotopic (exact) mass is 322 g/mol. The van der Waals surface area contributed by atoms with Crippen molar-refractivity contribution in [3.63, 3.8) is 0 Å². The van der Waals surface area contributed by atoms with Crippen LogP contribution in [0.5, 0.6) is 0 Å². The number of benzene rings is 1. The van der Waals surface area contributed by atoms with Gasteiger partial charge in [0.25, 0.3) is 0 Å². The highest BCUT2D eigenvalue weighted by molar-refractivity contribution is 9.10. The molecule has 100 valence electrons. The van der Waals surface area contributed by atoms with Gasteiger partial charge in [0.1, 0.15) is 5.82 Å². The second-order valence-corrected chi connectivity index (χ2v) is 5.15.